The Balaban J connectivity index is 1.88. The van der Waals surface area contributed by atoms with Crippen molar-refractivity contribution < 1.29 is 8.42 Å². The van der Waals surface area contributed by atoms with Crippen molar-refractivity contribution in [2.24, 2.45) is 0 Å². The molecular formula is C17H14ClN3O2S2. The van der Waals surface area contributed by atoms with Gasteiger partial charge in [-0.05, 0) is 29.7 Å². The minimum absolute atomic E-state index is 0.115. The van der Waals surface area contributed by atoms with Crippen molar-refractivity contribution in [1.82, 2.24) is 13.1 Å². The molecule has 1 unspecified atom stereocenters. The maximum atomic E-state index is 13.3. The van der Waals surface area contributed by atoms with Gasteiger partial charge in [0, 0.05) is 6.54 Å². The minimum atomic E-state index is -3.77. The van der Waals surface area contributed by atoms with Gasteiger partial charge in [-0.25, -0.2) is 8.42 Å². The van der Waals surface area contributed by atoms with E-state index < -0.39 is 16.1 Å². The van der Waals surface area contributed by atoms with Crippen molar-refractivity contribution in [2.45, 2.75) is 17.4 Å². The highest BCUT2D eigenvalue weighted by Gasteiger charge is 2.39. The lowest BCUT2D eigenvalue weighted by Gasteiger charge is -2.35. The van der Waals surface area contributed by atoms with Gasteiger partial charge in [-0.3, -0.25) is 0 Å². The maximum Gasteiger partial charge on any atom is 0.245 e. The summed E-state index contributed by atoms with van der Waals surface area (Å²) in [5.74, 6) is 0. The molecule has 3 aromatic rings. The summed E-state index contributed by atoms with van der Waals surface area (Å²) in [4.78, 5) is 0.115. The third kappa shape index (κ3) is 2.87. The molecule has 25 heavy (non-hydrogen) atoms. The second-order valence-electron chi connectivity index (χ2n) is 5.73. The Morgan fingerprint density at radius 1 is 1.12 bits per heavy atom. The van der Waals surface area contributed by atoms with Gasteiger partial charge in [0.1, 0.15) is 4.90 Å². The zero-order chi connectivity index (χ0) is 17.4. The molecule has 0 saturated carbocycles. The fraction of sp³-hybridized carbons (Fsp3) is 0.176. The molecule has 0 fully saturated rings. The largest absolute Gasteiger partial charge is 0.245 e. The minimum Gasteiger partial charge on any atom is -0.207 e. The van der Waals surface area contributed by atoms with Crippen LogP contribution in [0.5, 0.6) is 0 Å². The van der Waals surface area contributed by atoms with Gasteiger partial charge in [-0.1, -0.05) is 48.0 Å². The van der Waals surface area contributed by atoms with E-state index in [-0.39, 0.29) is 9.92 Å². The molecule has 0 saturated heterocycles. The Morgan fingerprint density at radius 3 is 2.64 bits per heavy atom. The van der Waals surface area contributed by atoms with E-state index in [1.54, 1.807) is 24.4 Å². The number of nitrogens with zero attached hydrogens (tertiary/aromatic N) is 3. The Morgan fingerprint density at radius 2 is 1.88 bits per heavy atom. The highest BCUT2D eigenvalue weighted by atomic mass is 35.5. The number of halogens is 1. The first-order valence-corrected chi connectivity index (χ1v) is 10.3. The summed E-state index contributed by atoms with van der Waals surface area (Å²) >= 11 is 7.24. The van der Waals surface area contributed by atoms with E-state index in [9.17, 15) is 8.42 Å². The molecule has 8 heteroatoms. The number of aromatic nitrogens is 2. The molecule has 0 radical (unpaired) electrons. The lowest BCUT2D eigenvalue weighted by atomic mass is 9.93. The first-order valence-electron chi connectivity index (χ1n) is 7.70. The number of rotatable bonds is 3. The van der Waals surface area contributed by atoms with Crippen LogP contribution in [0.4, 0.5) is 0 Å². The maximum absolute atomic E-state index is 13.3. The van der Waals surface area contributed by atoms with Crippen LogP contribution in [-0.4, -0.2) is 28.0 Å². The molecule has 0 bridgehead atoms. The van der Waals surface area contributed by atoms with Gasteiger partial charge < -0.3 is 0 Å². The average Bonchev–Trinajstić information content (AvgIpc) is 3.15. The van der Waals surface area contributed by atoms with Crippen molar-refractivity contribution in [1.29, 1.82) is 0 Å². The highest BCUT2D eigenvalue weighted by molar-refractivity contribution is 7.89. The molecule has 1 aliphatic rings. The standard InChI is InChI=1S/C17H14ClN3O2S2/c18-14-7-3-4-8-16(14)25(22,23)21-10-9-12-5-1-2-6-13(12)17(21)15-11-19-24-20-15/h1-8,11,17H,9-10H2. The predicted octanol–water partition coefficient (Wildman–Crippen LogP) is 3.53. The molecule has 2 aromatic carbocycles. The van der Waals surface area contributed by atoms with Crippen LogP contribution < -0.4 is 0 Å². The van der Waals surface area contributed by atoms with E-state index in [0.717, 1.165) is 22.9 Å². The molecule has 4 rings (SSSR count). The Hall–Kier alpha value is -1.80. The van der Waals surface area contributed by atoms with E-state index in [2.05, 4.69) is 8.75 Å². The van der Waals surface area contributed by atoms with Crippen molar-refractivity contribution in [3.63, 3.8) is 0 Å². The van der Waals surface area contributed by atoms with Crippen LogP contribution in [0, 0.1) is 0 Å². The van der Waals surface area contributed by atoms with Crippen molar-refractivity contribution in [3.8, 4) is 0 Å². The molecule has 0 aliphatic carbocycles. The molecule has 5 nitrogen and oxygen atoms in total. The van der Waals surface area contributed by atoms with E-state index >= 15 is 0 Å². The van der Waals surface area contributed by atoms with Crippen LogP contribution >= 0.6 is 23.3 Å². The predicted molar refractivity (Wildman–Crippen MR) is 97.2 cm³/mol. The molecular weight excluding hydrogens is 378 g/mol. The second-order valence-corrected chi connectivity index (χ2v) is 8.55. The number of sulfonamides is 1. The first kappa shape index (κ1) is 16.7. The molecule has 0 N–H and O–H groups in total. The number of fused-ring (bicyclic) bond motifs is 1. The van der Waals surface area contributed by atoms with Crippen LogP contribution in [0.2, 0.25) is 5.02 Å². The lowest BCUT2D eigenvalue weighted by molar-refractivity contribution is 0.340. The van der Waals surface area contributed by atoms with E-state index in [1.807, 2.05) is 24.3 Å². The summed E-state index contributed by atoms with van der Waals surface area (Å²) in [6, 6.07) is 13.9. The monoisotopic (exact) mass is 391 g/mol. The molecule has 0 amide bonds. The van der Waals surface area contributed by atoms with Gasteiger partial charge in [-0.2, -0.15) is 13.1 Å². The fourth-order valence-electron chi connectivity index (χ4n) is 3.18. The van der Waals surface area contributed by atoms with Crippen LogP contribution in [0.25, 0.3) is 0 Å². The molecule has 0 spiro atoms. The first-order chi connectivity index (χ1) is 12.1. The summed E-state index contributed by atoms with van der Waals surface area (Å²) < 4.78 is 36.5. The van der Waals surface area contributed by atoms with Gasteiger partial charge in [-0.15, -0.1) is 0 Å². The summed E-state index contributed by atoms with van der Waals surface area (Å²) in [6.45, 7) is 0.368. The third-order valence-corrected chi connectivity index (χ3v) is 7.18. The Labute approximate surface area is 155 Å². The lowest BCUT2D eigenvalue weighted by Crippen LogP contribution is -2.40. The topological polar surface area (TPSA) is 63.2 Å². The van der Waals surface area contributed by atoms with E-state index in [1.165, 1.54) is 10.4 Å². The average molecular weight is 392 g/mol. The zero-order valence-electron chi connectivity index (χ0n) is 13.0. The van der Waals surface area contributed by atoms with Gasteiger partial charge in [0.25, 0.3) is 0 Å². The summed E-state index contributed by atoms with van der Waals surface area (Å²) in [5.41, 5.74) is 2.70. The van der Waals surface area contributed by atoms with Crippen molar-refractivity contribution in [3.05, 3.63) is 76.6 Å². The number of hydrogen-bond acceptors (Lipinski definition) is 5. The third-order valence-electron chi connectivity index (χ3n) is 4.32. The van der Waals surface area contributed by atoms with E-state index in [0.29, 0.717) is 18.7 Å². The van der Waals surface area contributed by atoms with Gasteiger partial charge in [0.15, 0.2) is 0 Å². The number of hydrogen-bond donors (Lipinski definition) is 0. The van der Waals surface area contributed by atoms with Crippen LogP contribution in [-0.2, 0) is 16.4 Å². The smallest absolute Gasteiger partial charge is 0.207 e. The second kappa shape index (κ2) is 6.49. The molecule has 1 aromatic heterocycles. The van der Waals surface area contributed by atoms with Crippen LogP contribution in [0.1, 0.15) is 22.9 Å². The van der Waals surface area contributed by atoms with Gasteiger partial charge in [0.05, 0.1) is 34.7 Å². The summed E-state index contributed by atoms with van der Waals surface area (Å²) in [6.07, 6.45) is 2.28. The Kier molecular flexibility index (Phi) is 4.33. The van der Waals surface area contributed by atoms with Crippen LogP contribution in [0.3, 0.4) is 0 Å². The quantitative estimate of drug-likeness (QED) is 0.685. The SMILES string of the molecule is O=S(=O)(c1ccccc1Cl)N1CCc2ccccc2C1c1cnsn1. The van der Waals surface area contributed by atoms with Crippen molar-refractivity contribution >= 4 is 33.4 Å². The molecule has 2 heterocycles. The molecule has 128 valence electrons. The van der Waals surface area contributed by atoms with Crippen LogP contribution in [0.15, 0.2) is 59.6 Å². The van der Waals surface area contributed by atoms with Gasteiger partial charge >= 0.3 is 0 Å². The summed E-state index contributed by atoms with van der Waals surface area (Å²) in [7, 11) is -3.77. The fourth-order valence-corrected chi connectivity index (χ4v) is 5.70. The normalized spacial score (nSPS) is 18.0. The highest BCUT2D eigenvalue weighted by Crippen LogP contribution is 2.39. The number of benzene rings is 2. The van der Waals surface area contributed by atoms with Gasteiger partial charge in [0.2, 0.25) is 10.0 Å². The molecule has 1 atom stereocenters. The zero-order valence-corrected chi connectivity index (χ0v) is 15.4. The van der Waals surface area contributed by atoms with E-state index in [4.69, 9.17) is 11.6 Å². The van der Waals surface area contributed by atoms with Crippen molar-refractivity contribution in [2.75, 3.05) is 6.54 Å². The summed E-state index contributed by atoms with van der Waals surface area (Å²) in [5, 5.41) is 0.219. The molecule has 1 aliphatic heterocycles. The Bertz CT molecular complexity index is 1010.